The van der Waals surface area contributed by atoms with Crippen molar-refractivity contribution in [2.24, 2.45) is 7.05 Å². The van der Waals surface area contributed by atoms with E-state index in [4.69, 9.17) is 0 Å². The van der Waals surface area contributed by atoms with Crippen LogP contribution in [0.5, 0.6) is 0 Å². The molecule has 0 aliphatic heterocycles. The van der Waals surface area contributed by atoms with E-state index >= 15 is 0 Å². The van der Waals surface area contributed by atoms with Crippen LogP contribution in [0, 0.1) is 6.92 Å². The summed E-state index contributed by atoms with van der Waals surface area (Å²) in [5.74, 6) is 0.973. The van der Waals surface area contributed by atoms with Gasteiger partial charge in [0.15, 0.2) is 16.1 Å². The van der Waals surface area contributed by atoms with Crippen LogP contribution in [0.25, 0.3) is 22.6 Å². The molecular weight excluding hydrogens is 434 g/mol. The molecular formula is C21H21N5OS3. The maximum Gasteiger partial charge on any atom is 0.236 e. The van der Waals surface area contributed by atoms with Gasteiger partial charge >= 0.3 is 0 Å². The van der Waals surface area contributed by atoms with Gasteiger partial charge in [0.25, 0.3) is 0 Å². The second-order valence-electron chi connectivity index (χ2n) is 6.64. The van der Waals surface area contributed by atoms with Gasteiger partial charge in [-0.1, -0.05) is 49.0 Å². The fourth-order valence-corrected chi connectivity index (χ4v) is 5.53. The zero-order valence-electron chi connectivity index (χ0n) is 16.9. The topological polar surface area (TPSA) is 72.7 Å². The van der Waals surface area contributed by atoms with Crippen molar-refractivity contribution >= 4 is 45.5 Å². The van der Waals surface area contributed by atoms with Crippen molar-refractivity contribution in [3.63, 3.8) is 0 Å². The Bertz CT molecular complexity index is 1160. The minimum atomic E-state index is -0.112. The largest absolute Gasteiger partial charge is 0.305 e. The van der Waals surface area contributed by atoms with Crippen molar-refractivity contribution in [1.29, 1.82) is 0 Å². The van der Waals surface area contributed by atoms with E-state index in [0.29, 0.717) is 5.13 Å². The van der Waals surface area contributed by atoms with Gasteiger partial charge in [-0.25, -0.2) is 4.98 Å². The quantitative estimate of drug-likeness (QED) is 0.384. The molecule has 0 bridgehead atoms. The number of thiophene rings is 1. The molecule has 154 valence electrons. The first-order chi connectivity index (χ1) is 14.6. The number of carbonyl (C=O) groups excluding carboxylic acids is 1. The van der Waals surface area contributed by atoms with E-state index in [1.807, 2.05) is 47.3 Å². The minimum Gasteiger partial charge on any atom is -0.305 e. The molecule has 4 rings (SSSR count). The summed E-state index contributed by atoms with van der Waals surface area (Å²) in [6, 6.07) is 9.91. The zero-order chi connectivity index (χ0) is 21.1. The second-order valence-corrected chi connectivity index (χ2v) is 9.53. The Kier molecular flexibility index (Phi) is 6.31. The number of benzene rings is 1. The van der Waals surface area contributed by atoms with E-state index in [-0.39, 0.29) is 11.7 Å². The van der Waals surface area contributed by atoms with E-state index in [0.717, 1.165) is 34.2 Å². The van der Waals surface area contributed by atoms with E-state index in [2.05, 4.69) is 39.7 Å². The molecule has 1 aromatic carbocycles. The number of rotatable bonds is 7. The Morgan fingerprint density at radius 1 is 1.17 bits per heavy atom. The SMILES string of the molecule is CCc1c(-c2nnc(SCC(=O)Nc3nc(-c4ccccc4)cs3)n2C)csc1C. The first kappa shape index (κ1) is 20.8. The molecule has 0 atom stereocenters. The van der Waals surface area contributed by atoms with Gasteiger partial charge in [-0.2, -0.15) is 0 Å². The van der Waals surface area contributed by atoms with Crippen LogP contribution in [-0.2, 0) is 18.3 Å². The molecule has 0 radical (unpaired) electrons. The first-order valence-electron chi connectivity index (χ1n) is 9.47. The smallest absolute Gasteiger partial charge is 0.236 e. The molecule has 3 aromatic heterocycles. The van der Waals surface area contributed by atoms with Crippen LogP contribution in [-0.4, -0.2) is 31.4 Å². The molecule has 0 saturated carbocycles. The van der Waals surface area contributed by atoms with Crippen LogP contribution in [0.1, 0.15) is 17.4 Å². The predicted octanol–water partition coefficient (Wildman–Crippen LogP) is 5.27. The Labute approximate surface area is 187 Å². The van der Waals surface area contributed by atoms with Crippen LogP contribution in [0.3, 0.4) is 0 Å². The van der Waals surface area contributed by atoms with E-state index in [1.54, 1.807) is 11.3 Å². The molecule has 0 aliphatic rings. The lowest BCUT2D eigenvalue weighted by atomic mass is 10.1. The molecule has 0 unspecified atom stereocenters. The molecule has 6 nitrogen and oxygen atoms in total. The summed E-state index contributed by atoms with van der Waals surface area (Å²) in [6.45, 7) is 4.28. The van der Waals surface area contributed by atoms with Crippen LogP contribution < -0.4 is 5.32 Å². The monoisotopic (exact) mass is 455 g/mol. The summed E-state index contributed by atoms with van der Waals surface area (Å²) >= 11 is 4.52. The van der Waals surface area contributed by atoms with Gasteiger partial charge in [0.2, 0.25) is 5.91 Å². The van der Waals surface area contributed by atoms with Gasteiger partial charge in [0.05, 0.1) is 11.4 Å². The maximum absolute atomic E-state index is 12.4. The molecule has 30 heavy (non-hydrogen) atoms. The van der Waals surface area contributed by atoms with Gasteiger partial charge in [-0.15, -0.1) is 32.9 Å². The number of aryl methyl sites for hydroxylation is 1. The fourth-order valence-electron chi connectivity index (χ4n) is 3.14. The Morgan fingerprint density at radius 3 is 2.73 bits per heavy atom. The number of anilines is 1. The average molecular weight is 456 g/mol. The number of carbonyl (C=O) groups is 1. The van der Waals surface area contributed by atoms with Crippen molar-refractivity contribution in [1.82, 2.24) is 19.7 Å². The summed E-state index contributed by atoms with van der Waals surface area (Å²) in [5, 5.41) is 16.9. The van der Waals surface area contributed by atoms with Crippen LogP contribution in [0.15, 0.2) is 46.2 Å². The van der Waals surface area contributed by atoms with Crippen molar-refractivity contribution in [2.45, 2.75) is 25.4 Å². The van der Waals surface area contributed by atoms with E-state index in [1.165, 1.54) is 33.5 Å². The van der Waals surface area contributed by atoms with Gasteiger partial charge in [0.1, 0.15) is 0 Å². The first-order valence-corrected chi connectivity index (χ1v) is 12.2. The third kappa shape index (κ3) is 4.33. The number of aromatic nitrogens is 4. The zero-order valence-corrected chi connectivity index (χ0v) is 19.3. The van der Waals surface area contributed by atoms with Gasteiger partial charge in [0, 0.05) is 33.8 Å². The van der Waals surface area contributed by atoms with Crippen molar-refractivity contribution in [3.05, 3.63) is 51.5 Å². The Morgan fingerprint density at radius 2 is 1.97 bits per heavy atom. The number of hydrogen-bond donors (Lipinski definition) is 1. The number of amides is 1. The molecule has 9 heteroatoms. The van der Waals surface area contributed by atoms with Crippen LogP contribution >= 0.6 is 34.4 Å². The lowest BCUT2D eigenvalue weighted by Gasteiger charge is -2.05. The highest BCUT2D eigenvalue weighted by molar-refractivity contribution is 7.99. The fraction of sp³-hybridized carbons (Fsp3) is 0.238. The number of nitrogens with zero attached hydrogens (tertiary/aromatic N) is 4. The average Bonchev–Trinajstić information content (AvgIpc) is 3.46. The molecule has 0 aliphatic carbocycles. The molecule has 0 saturated heterocycles. The standard InChI is InChI=1S/C21H21N5OS3/c1-4-15-13(2)28-10-16(15)19-24-25-21(26(19)3)30-12-18(27)23-20-22-17(11-29-20)14-8-6-5-7-9-14/h5-11H,4,12H2,1-3H3,(H,22,23,27). The third-order valence-electron chi connectivity index (χ3n) is 4.69. The lowest BCUT2D eigenvalue weighted by Crippen LogP contribution is -2.14. The summed E-state index contributed by atoms with van der Waals surface area (Å²) in [7, 11) is 1.94. The minimum absolute atomic E-state index is 0.112. The maximum atomic E-state index is 12.4. The predicted molar refractivity (Wildman–Crippen MR) is 125 cm³/mol. The molecule has 1 amide bonds. The lowest BCUT2D eigenvalue weighted by molar-refractivity contribution is -0.113. The number of hydrogen-bond acceptors (Lipinski definition) is 7. The van der Waals surface area contributed by atoms with Crippen molar-refractivity contribution in [2.75, 3.05) is 11.1 Å². The number of thiazole rings is 1. The molecule has 0 fully saturated rings. The van der Waals surface area contributed by atoms with Crippen LogP contribution in [0.4, 0.5) is 5.13 Å². The van der Waals surface area contributed by atoms with Gasteiger partial charge in [-0.3, -0.25) is 4.79 Å². The number of nitrogens with one attached hydrogen (secondary N) is 1. The summed E-state index contributed by atoms with van der Waals surface area (Å²) in [5.41, 5.74) is 4.33. The second kappa shape index (κ2) is 9.11. The van der Waals surface area contributed by atoms with Crippen LogP contribution in [0.2, 0.25) is 0 Å². The van der Waals surface area contributed by atoms with Gasteiger partial charge in [-0.05, 0) is 18.9 Å². The van der Waals surface area contributed by atoms with Crippen molar-refractivity contribution in [3.8, 4) is 22.6 Å². The normalized spacial score (nSPS) is 11.0. The third-order valence-corrected chi connectivity index (χ3v) is 7.42. The Hall–Kier alpha value is -2.49. The summed E-state index contributed by atoms with van der Waals surface area (Å²) in [4.78, 5) is 18.2. The Balaban J connectivity index is 1.39. The molecule has 1 N–H and O–H groups in total. The molecule has 0 spiro atoms. The van der Waals surface area contributed by atoms with Crippen molar-refractivity contribution < 1.29 is 4.79 Å². The molecule has 3 heterocycles. The van der Waals surface area contributed by atoms with E-state index < -0.39 is 0 Å². The highest BCUT2D eigenvalue weighted by Gasteiger charge is 2.17. The number of thioether (sulfide) groups is 1. The highest BCUT2D eigenvalue weighted by Crippen LogP contribution is 2.32. The highest BCUT2D eigenvalue weighted by atomic mass is 32.2. The summed E-state index contributed by atoms with van der Waals surface area (Å²) in [6.07, 6.45) is 0.960. The summed E-state index contributed by atoms with van der Waals surface area (Å²) < 4.78 is 1.95. The molecule has 4 aromatic rings. The van der Waals surface area contributed by atoms with E-state index in [9.17, 15) is 4.79 Å². The van der Waals surface area contributed by atoms with Gasteiger partial charge < -0.3 is 9.88 Å².